The van der Waals surface area contributed by atoms with Crippen molar-refractivity contribution in [2.75, 3.05) is 33.2 Å². The first kappa shape index (κ1) is 24.8. The van der Waals surface area contributed by atoms with Gasteiger partial charge in [0, 0.05) is 37.6 Å². The van der Waals surface area contributed by atoms with Crippen LogP contribution < -0.4 is 15.4 Å². The summed E-state index contributed by atoms with van der Waals surface area (Å²) in [4.78, 5) is 15.6. The monoisotopic (exact) mass is 451 g/mol. The molecule has 6 nitrogen and oxygen atoms in total. The van der Waals surface area contributed by atoms with E-state index in [-0.39, 0.29) is 11.9 Å². The van der Waals surface area contributed by atoms with Crippen LogP contribution in [0.1, 0.15) is 48.4 Å². The second kappa shape index (κ2) is 12.4. The number of nitrogens with zero attached hydrogens (tertiary/aromatic N) is 1. The molecular weight excluding hydrogens is 414 g/mol. The summed E-state index contributed by atoms with van der Waals surface area (Å²) in [6, 6.07) is 15.9. The first-order chi connectivity index (χ1) is 16.1. The third-order valence-electron chi connectivity index (χ3n) is 5.91. The van der Waals surface area contributed by atoms with Crippen molar-refractivity contribution in [1.29, 1.82) is 0 Å². The van der Waals surface area contributed by atoms with Crippen molar-refractivity contribution in [3.63, 3.8) is 0 Å². The fourth-order valence-corrected chi connectivity index (χ4v) is 4.14. The number of aryl methyl sites for hydroxylation is 1. The minimum Gasteiger partial charge on any atom is -0.489 e. The number of hydrogen-bond acceptors (Lipinski definition) is 5. The fourth-order valence-electron chi connectivity index (χ4n) is 4.14. The van der Waals surface area contributed by atoms with Crippen LogP contribution in [-0.2, 0) is 6.61 Å². The minimum absolute atomic E-state index is 0.0647. The Morgan fingerprint density at radius 2 is 1.85 bits per heavy atom. The van der Waals surface area contributed by atoms with Gasteiger partial charge < -0.3 is 24.7 Å². The van der Waals surface area contributed by atoms with Crippen LogP contribution >= 0.6 is 0 Å². The summed E-state index contributed by atoms with van der Waals surface area (Å²) in [5.41, 5.74) is 2.42. The lowest BCUT2D eigenvalue weighted by Gasteiger charge is -2.32. The van der Waals surface area contributed by atoms with Crippen molar-refractivity contribution in [2.45, 2.75) is 46.3 Å². The van der Waals surface area contributed by atoms with E-state index in [1.54, 1.807) is 0 Å². The van der Waals surface area contributed by atoms with Gasteiger partial charge in [-0.15, -0.1) is 0 Å². The molecule has 0 saturated carbocycles. The van der Waals surface area contributed by atoms with Crippen molar-refractivity contribution < 1.29 is 13.9 Å². The predicted molar refractivity (Wildman–Crippen MR) is 134 cm³/mol. The summed E-state index contributed by atoms with van der Waals surface area (Å²) >= 11 is 0. The van der Waals surface area contributed by atoms with Crippen molar-refractivity contribution in [3.05, 3.63) is 65.4 Å². The molecule has 0 spiro atoms. The Balaban J connectivity index is 0.00000149. The Kier molecular flexibility index (Phi) is 9.34. The number of piperidine rings is 1. The highest BCUT2D eigenvalue weighted by Crippen LogP contribution is 2.30. The molecule has 1 aromatic heterocycles. The lowest BCUT2D eigenvalue weighted by atomic mass is 10.0. The van der Waals surface area contributed by atoms with Crippen LogP contribution in [0.2, 0.25) is 0 Å². The molecule has 2 aromatic carbocycles. The van der Waals surface area contributed by atoms with Crippen LogP contribution in [0.4, 0.5) is 0 Å². The number of benzene rings is 2. The average molecular weight is 452 g/mol. The van der Waals surface area contributed by atoms with Crippen LogP contribution in [0.5, 0.6) is 5.75 Å². The van der Waals surface area contributed by atoms with Crippen molar-refractivity contribution in [2.24, 2.45) is 0 Å². The maximum absolute atomic E-state index is 13.1. The number of nitrogens with one attached hydrogen (secondary N) is 2. The van der Waals surface area contributed by atoms with Gasteiger partial charge in [-0.05, 0) is 50.6 Å². The standard InChI is InChI=1S/C25H31N3O3.C2H6/c1-18-24(25(29)27-20-10-13-28(14-11-20)15-12-26-2)22-16-21(8-9-23(22)31-18)30-17-19-6-4-3-5-7-19;1-2/h3-9,16,20,26H,10-15,17H2,1-2H3,(H,27,29);1-2H3. The van der Waals surface area contributed by atoms with Gasteiger partial charge >= 0.3 is 0 Å². The maximum atomic E-state index is 13.1. The lowest BCUT2D eigenvalue weighted by molar-refractivity contribution is 0.0911. The number of likely N-dealkylation sites (tertiary alicyclic amines) is 1. The third-order valence-corrected chi connectivity index (χ3v) is 5.91. The fraction of sp³-hybridized carbons (Fsp3) is 0.444. The van der Waals surface area contributed by atoms with Gasteiger partial charge in [0.25, 0.3) is 5.91 Å². The molecule has 0 radical (unpaired) electrons. The van der Waals surface area contributed by atoms with Gasteiger partial charge in [0.15, 0.2) is 0 Å². The molecule has 2 heterocycles. The van der Waals surface area contributed by atoms with E-state index in [4.69, 9.17) is 9.15 Å². The van der Waals surface area contributed by atoms with E-state index in [1.165, 1.54) is 0 Å². The normalized spacial score (nSPS) is 14.5. The molecule has 1 aliphatic rings. The van der Waals surface area contributed by atoms with E-state index in [9.17, 15) is 4.79 Å². The number of amides is 1. The Hall–Kier alpha value is -2.83. The molecule has 2 N–H and O–H groups in total. The molecule has 1 amide bonds. The van der Waals surface area contributed by atoms with Crippen molar-refractivity contribution >= 4 is 16.9 Å². The van der Waals surface area contributed by atoms with E-state index >= 15 is 0 Å². The number of likely N-dealkylation sites (N-methyl/N-ethyl adjacent to an activating group) is 1. The number of ether oxygens (including phenoxy) is 1. The molecule has 1 fully saturated rings. The van der Waals surface area contributed by atoms with E-state index in [0.717, 1.165) is 55.7 Å². The second-order valence-corrected chi connectivity index (χ2v) is 8.16. The van der Waals surface area contributed by atoms with Crippen LogP contribution in [0.15, 0.2) is 52.9 Å². The lowest BCUT2D eigenvalue weighted by Crippen LogP contribution is -2.46. The number of fused-ring (bicyclic) bond motifs is 1. The molecule has 0 bridgehead atoms. The van der Waals surface area contributed by atoms with Gasteiger partial charge in [0.1, 0.15) is 23.7 Å². The van der Waals surface area contributed by atoms with Crippen LogP contribution in [-0.4, -0.2) is 50.1 Å². The summed E-state index contributed by atoms with van der Waals surface area (Å²) in [6.45, 7) is 10.4. The number of hydrogen-bond donors (Lipinski definition) is 2. The largest absolute Gasteiger partial charge is 0.489 e. The number of furan rings is 1. The summed E-state index contributed by atoms with van der Waals surface area (Å²) < 4.78 is 11.8. The van der Waals surface area contributed by atoms with Crippen LogP contribution in [0.25, 0.3) is 11.0 Å². The molecule has 0 atom stereocenters. The average Bonchev–Trinajstić information content (AvgIpc) is 3.19. The van der Waals surface area contributed by atoms with Crippen molar-refractivity contribution in [3.8, 4) is 5.75 Å². The summed E-state index contributed by atoms with van der Waals surface area (Å²) in [7, 11) is 1.97. The highest BCUT2D eigenvalue weighted by Gasteiger charge is 2.24. The zero-order valence-electron chi connectivity index (χ0n) is 20.3. The number of rotatable bonds is 8. The van der Waals surface area contributed by atoms with Gasteiger partial charge in [0.2, 0.25) is 0 Å². The van der Waals surface area contributed by atoms with Crippen molar-refractivity contribution in [1.82, 2.24) is 15.5 Å². The Labute approximate surface area is 197 Å². The van der Waals surface area contributed by atoms with E-state index < -0.39 is 0 Å². The molecule has 6 heteroatoms. The number of carbonyl (C=O) groups excluding carboxylic acids is 1. The number of carbonyl (C=O) groups is 1. The molecule has 3 aromatic rings. The van der Waals surface area contributed by atoms with E-state index in [0.29, 0.717) is 23.5 Å². The molecule has 0 aliphatic carbocycles. The van der Waals surface area contributed by atoms with E-state index in [2.05, 4.69) is 15.5 Å². The molecule has 33 heavy (non-hydrogen) atoms. The minimum atomic E-state index is -0.0647. The Morgan fingerprint density at radius 1 is 1.12 bits per heavy atom. The van der Waals surface area contributed by atoms with Gasteiger partial charge in [0.05, 0.1) is 5.56 Å². The molecule has 4 rings (SSSR count). The molecule has 1 aliphatic heterocycles. The highest BCUT2D eigenvalue weighted by molar-refractivity contribution is 6.07. The zero-order valence-corrected chi connectivity index (χ0v) is 20.3. The summed E-state index contributed by atoms with van der Waals surface area (Å²) in [5, 5.41) is 7.22. The third kappa shape index (κ3) is 6.59. The van der Waals surface area contributed by atoms with E-state index in [1.807, 2.05) is 76.3 Å². The molecule has 178 valence electrons. The first-order valence-corrected chi connectivity index (χ1v) is 12.0. The van der Waals surface area contributed by atoms with Gasteiger partial charge in [-0.3, -0.25) is 4.79 Å². The maximum Gasteiger partial charge on any atom is 0.255 e. The predicted octanol–water partition coefficient (Wildman–Crippen LogP) is 4.76. The Bertz CT molecular complexity index is 1010. The molecule has 0 unspecified atom stereocenters. The topological polar surface area (TPSA) is 66.7 Å². The van der Waals surface area contributed by atoms with Crippen LogP contribution in [0, 0.1) is 6.92 Å². The van der Waals surface area contributed by atoms with Gasteiger partial charge in [-0.1, -0.05) is 44.2 Å². The van der Waals surface area contributed by atoms with Gasteiger partial charge in [-0.2, -0.15) is 0 Å². The Morgan fingerprint density at radius 3 is 2.55 bits per heavy atom. The van der Waals surface area contributed by atoms with Crippen LogP contribution in [0.3, 0.4) is 0 Å². The quantitative estimate of drug-likeness (QED) is 0.517. The zero-order chi connectivity index (χ0) is 23.6. The first-order valence-electron chi connectivity index (χ1n) is 12.0. The molecular formula is C27H37N3O3. The summed E-state index contributed by atoms with van der Waals surface area (Å²) in [5.74, 6) is 1.30. The second-order valence-electron chi connectivity index (χ2n) is 8.16. The highest BCUT2D eigenvalue weighted by atomic mass is 16.5. The summed E-state index contributed by atoms with van der Waals surface area (Å²) in [6.07, 6.45) is 1.94. The van der Waals surface area contributed by atoms with Gasteiger partial charge in [-0.25, -0.2) is 0 Å². The SMILES string of the molecule is CC.CNCCN1CCC(NC(=O)c2c(C)oc3ccc(OCc4ccccc4)cc23)CC1. The smallest absolute Gasteiger partial charge is 0.255 e. The molecule has 1 saturated heterocycles.